The van der Waals surface area contributed by atoms with Gasteiger partial charge in [-0.1, -0.05) is 18.2 Å². The molecule has 1 unspecified atom stereocenters. The number of carbonyl (C=O) groups is 2. The van der Waals surface area contributed by atoms with Crippen molar-refractivity contribution < 1.29 is 14.4 Å². The van der Waals surface area contributed by atoms with Gasteiger partial charge in [-0.05, 0) is 31.5 Å². The average molecular weight is 234 g/mol. The van der Waals surface area contributed by atoms with Crippen LogP contribution in [0.1, 0.15) is 23.2 Å². The van der Waals surface area contributed by atoms with Gasteiger partial charge in [0.05, 0.1) is 11.6 Å². The van der Waals surface area contributed by atoms with Crippen LogP contribution in [0.4, 0.5) is 0 Å². The molecular formula is C12H14N2O3. The van der Waals surface area contributed by atoms with Gasteiger partial charge in [0.2, 0.25) is 0 Å². The van der Waals surface area contributed by atoms with Crippen LogP contribution in [0.3, 0.4) is 0 Å². The Hall–Kier alpha value is -1.88. The fraction of sp³-hybridized carbons (Fsp3) is 0.333. The first-order valence-corrected chi connectivity index (χ1v) is 5.57. The average Bonchev–Trinajstić information content (AvgIpc) is 2.90. The zero-order valence-electron chi connectivity index (χ0n) is 9.31. The zero-order chi connectivity index (χ0) is 12.1. The Morgan fingerprint density at radius 1 is 1.29 bits per heavy atom. The quantitative estimate of drug-likeness (QED) is 0.736. The minimum absolute atomic E-state index is 0.251. The SMILES string of the molecule is O=C(ONC(=O)C1CCCN1)c1ccccc1. The van der Waals surface area contributed by atoms with Gasteiger partial charge in [0, 0.05) is 0 Å². The molecule has 0 spiro atoms. The van der Waals surface area contributed by atoms with E-state index in [-0.39, 0.29) is 11.9 Å². The number of amides is 1. The van der Waals surface area contributed by atoms with E-state index in [2.05, 4.69) is 10.8 Å². The van der Waals surface area contributed by atoms with Crippen LogP contribution in [-0.4, -0.2) is 24.5 Å². The first-order valence-electron chi connectivity index (χ1n) is 5.57. The Kier molecular flexibility index (Phi) is 3.72. The van der Waals surface area contributed by atoms with Crippen molar-refractivity contribution in [2.45, 2.75) is 18.9 Å². The lowest BCUT2D eigenvalue weighted by Crippen LogP contribution is -2.41. The summed E-state index contributed by atoms with van der Waals surface area (Å²) in [4.78, 5) is 27.8. The van der Waals surface area contributed by atoms with Gasteiger partial charge >= 0.3 is 5.97 Å². The molecule has 0 bridgehead atoms. The molecule has 17 heavy (non-hydrogen) atoms. The molecule has 0 saturated carbocycles. The molecule has 5 heteroatoms. The van der Waals surface area contributed by atoms with E-state index in [1.165, 1.54) is 0 Å². The third-order valence-corrected chi connectivity index (χ3v) is 2.63. The predicted molar refractivity (Wildman–Crippen MR) is 61.0 cm³/mol. The summed E-state index contributed by atoms with van der Waals surface area (Å²) in [6, 6.07) is 8.27. The first kappa shape index (κ1) is 11.6. The Morgan fingerprint density at radius 3 is 2.71 bits per heavy atom. The molecule has 1 saturated heterocycles. The van der Waals surface area contributed by atoms with Crippen LogP contribution < -0.4 is 10.8 Å². The smallest absolute Gasteiger partial charge is 0.335 e. The number of nitrogens with one attached hydrogen (secondary N) is 2. The third-order valence-electron chi connectivity index (χ3n) is 2.63. The highest BCUT2D eigenvalue weighted by molar-refractivity contribution is 5.91. The van der Waals surface area contributed by atoms with Gasteiger partial charge in [-0.15, -0.1) is 0 Å². The first-order chi connectivity index (χ1) is 8.27. The van der Waals surface area contributed by atoms with E-state index in [9.17, 15) is 9.59 Å². The lowest BCUT2D eigenvalue weighted by molar-refractivity contribution is -0.131. The number of rotatable bonds is 2. The summed E-state index contributed by atoms with van der Waals surface area (Å²) in [6.07, 6.45) is 1.74. The summed E-state index contributed by atoms with van der Waals surface area (Å²) in [5.41, 5.74) is 2.58. The Labute approximate surface area is 99.1 Å². The molecular weight excluding hydrogens is 220 g/mol. The molecule has 0 radical (unpaired) electrons. The van der Waals surface area contributed by atoms with Gasteiger partial charge in [-0.25, -0.2) is 4.79 Å². The molecule has 1 fully saturated rings. The third kappa shape index (κ3) is 3.04. The lowest BCUT2D eigenvalue weighted by Gasteiger charge is -2.10. The molecule has 90 valence electrons. The highest BCUT2D eigenvalue weighted by Crippen LogP contribution is 2.05. The van der Waals surface area contributed by atoms with Crippen molar-refractivity contribution in [2.75, 3.05) is 6.54 Å². The maximum absolute atomic E-state index is 11.5. The minimum atomic E-state index is -0.558. The van der Waals surface area contributed by atoms with E-state index in [1.54, 1.807) is 30.3 Å². The maximum atomic E-state index is 11.5. The number of hydroxylamine groups is 1. The maximum Gasteiger partial charge on any atom is 0.362 e. The summed E-state index contributed by atoms with van der Waals surface area (Å²) >= 11 is 0. The molecule has 1 aromatic rings. The van der Waals surface area contributed by atoms with Crippen LogP contribution in [0, 0.1) is 0 Å². The topological polar surface area (TPSA) is 67.4 Å². The molecule has 5 nitrogen and oxygen atoms in total. The van der Waals surface area contributed by atoms with Crippen molar-refractivity contribution in [3.8, 4) is 0 Å². The van der Waals surface area contributed by atoms with Crippen LogP contribution >= 0.6 is 0 Å². The second-order valence-corrected chi connectivity index (χ2v) is 3.87. The monoisotopic (exact) mass is 234 g/mol. The van der Waals surface area contributed by atoms with Crippen molar-refractivity contribution in [2.24, 2.45) is 0 Å². The van der Waals surface area contributed by atoms with Gasteiger partial charge in [-0.2, -0.15) is 5.48 Å². The standard InChI is InChI=1S/C12H14N2O3/c15-11(10-7-4-8-13-10)14-17-12(16)9-5-2-1-3-6-9/h1-3,5-6,10,13H,4,7-8H2,(H,14,15). The summed E-state index contributed by atoms with van der Waals surface area (Å²) < 4.78 is 0. The number of carbonyl (C=O) groups excluding carboxylic acids is 2. The molecule has 2 N–H and O–H groups in total. The second kappa shape index (κ2) is 5.45. The fourth-order valence-electron chi connectivity index (χ4n) is 1.71. The molecule has 1 aliphatic rings. The van der Waals surface area contributed by atoms with E-state index in [1.807, 2.05) is 0 Å². The second-order valence-electron chi connectivity index (χ2n) is 3.87. The zero-order valence-corrected chi connectivity index (χ0v) is 9.31. The number of hydrogen-bond acceptors (Lipinski definition) is 4. The summed E-state index contributed by atoms with van der Waals surface area (Å²) in [6.45, 7) is 0.824. The minimum Gasteiger partial charge on any atom is -0.335 e. The molecule has 1 heterocycles. The van der Waals surface area contributed by atoms with Crippen LogP contribution in [0.15, 0.2) is 30.3 Å². The van der Waals surface area contributed by atoms with E-state index in [4.69, 9.17) is 4.84 Å². The van der Waals surface area contributed by atoms with Crippen molar-refractivity contribution in [1.29, 1.82) is 0 Å². The van der Waals surface area contributed by atoms with E-state index >= 15 is 0 Å². The predicted octanol–water partition coefficient (Wildman–Crippen LogP) is 0.627. The van der Waals surface area contributed by atoms with Crippen molar-refractivity contribution in [1.82, 2.24) is 10.8 Å². The van der Waals surface area contributed by atoms with E-state index in [0.717, 1.165) is 19.4 Å². The van der Waals surface area contributed by atoms with Gasteiger partial charge < -0.3 is 10.2 Å². The van der Waals surface area contributed by atoms with Crippen LogP contribution in [0.5, 0.6) is 0 Å². The van der Waals surface area contributed by atoms with E-state index in [0.29, 0.717) is 5.56 Å². The Balaban J connectivity index is 1.82. The van der Waals surface area contributed by atoms with Crippen LogP contribution in [0.2, 0.25) is 0 Å². The number of benzene rings is 1. The lowest BCUT2D eigenvalue weighted by atomic mass is 10.2. The van der Waals surface area contributed by atoms with Gasteiger partial charge in [-0.3, -0.25) is 4.79 Å². The normalized spacial score (nSPS) is 18.7. The molecule has 1 aromatic carbocycles. The molecule has 0 aromatic heterocycles. The fourth-order valence-corrected chi connectivity index (χ4v) is 1.71. The van der Waals surface area contributed by atoms with Crippen molar-refractivity contribution >= 4 is 11.9 Å². The summed E-state index contributed by atoms with van der Waals surface area (Å²) in [7, 11) is 0. The number of hydrogen-bond donors (Lipinski definition) is 2. The van der Waals surface area contributed by atoms with Crippen LogP contribution in [0.25, 0.3) is 0 Å². The largest absolute Gasteiger partial charge is 0.362 e. The molecule has 1 amide bonds. The van der Waals surface area contributed by atoms with Gasteiger partial charge in [0.1, 0.15) is 0 Å². The summed E-state index contributed by atoms with van der Waals surface area (Å²) in [5, 5.41) is 3.02. The highest BCUT2D eigenvalue weighted by Gasteiger charge is 2.23. The molecule has 2 rings (SSSR count). The van der Waals surface area contributed by atoms with Crippen molar-refractivity contribution in [3.63, 3.8) is 0 Å². The Bertz CT molecular complexity index is 399. The molecule has 1 atom stereocenters. The highest BCUT2D eigenvalue weighted by atomic mass is 16.7. The Morgan fingerprint density at radius 2 is 2.06 bits per heavy atom. The van der Waals surface area contributed by atoms with Crippen molar-refractivity contribution in [3.05, 3.63) is 35.9 Å². The summed E-state index contributed by atoms with van der Waals surface area (Å²) in [5.74, 6) is -0.858. The van der Waals surface area contributed by atoms with Gasteiger partial charge in [0.15, 0.2) is 0 Å². The van der Waals surface area contributed by atoms with Crippen LogP contribution in [-0.2, 0) is 9.63 Å². The molecule has 1 aliphatic heterocycles. The van der Waals surface area contributed by atoms with E-state index < -0.39 is 5.97 Å². The van der Waals surface area contributed by atoms with Gasteiger partial charge in [0.25, 0.3) is 5.91 Å². The molecule has 0 aliphatic carbocycles.